The first-order valence-electron chi connectivity index (χ1n) is 4.22. The van der Waals surface area contributed by atoms with Gasteiger partial charge in [0.05, 0.1) is 16.8 Å². The number of anilines is 2. The third kappa shape index (κ3) is 2.71. The summed E-state index contributed by atoms with van der Waals surface area (Å²) in [5.74, 6) is 0. The number of sulfonamides is 1. The lowest BCUT2D eigenvalue weighted by Gasteiger charge is -1.97. The molecule has 0 fully saturated rings. The first kappa shape index (κ1) is 11.4. The van der Waals surface area contributed by atoms with Gasteiger partial charge in [-0.05, 0) is 6.07 Å². The molecule has 0 atom stereocenters. The van der Waals surface area contributed by atoms with Crippen LogP contribution in [-0.4, -0.2) is 19.7 Å². The Hall–Kier alpha value is -1.12. The lowest BCUT2D eigenvalue weighted by molar-refractivity contribution is 0.607. The maximum Gasteiger partial charge on any atom is 0.229 e. The fourth-order valence-electron chi connectivity index (χ4n) is 1.13. The summed E-state index contributed by atoms with van der Waals surface area (Å²) < 4.78 is 24.4. The van der Waals surface area contributed by atoms with Crippen LogP contribution in [0.15, 0.2) is 17.6 Å². The lowest BCUT2D eigenvalue weighted by atomic mass is 10.4. The molecule has 2 rings (SSSR count). The van der Waals surface area contributed by atoms with Gasteiger partial charge in [-0.3, -0.25) is 4.72 Å². The van der Waals surface area contributed by atoms with Gasteiger partial charge in [0.2, 0.25) is 10.0 Å². The van der Waals surface area contributed by atoms with Crippen LogP contribution in [0.3, 0.4) is 0 Å². The number of rotatable bonds is 3. The minimum atomic E-state index is -3.22. The maximum atomic E-state index is 11.0. The molecule has 2 aromatic heterocycles. The maximum absolute atomic E-state index is 11.0. The zero-order valence-corrected chi connectivity index (χ0v) is 10.7. The predicted molar refractivity (Wildman–Crippen MR) is 68.3 cm³/mol. The standard InChI is InChI=1S/C8H9N3O2S3/c1-16(12,13)11-5-2-6(14-4-5)7-3-10-8(9)15-7/h2-4,11H,1H3,(H2,9,10). The van der Waals surface area contributed by atoms with Gasteiger partial charge in [-0.15, -0.1) is 11.3 Å². The molecule has 0 aromatic carbocycles. The van der Waals surface area contributed by atoms with Crippen molar-refractivity contribution >= 4 is 43.5 Å². The van der Waals surface area contributed by atoms with Crippen LogP contribution in [0.25, 0.3) is 9.75 Å². The van der Waals surface area contributed by atoms with Crippen LogP contribution < -0.4 is 10.5 Å². The van der Waals surface area contributed by atoms with Crippen LogP contribution in [0.2, 0.25) is 0 Å². The van der Waals surface area contributed by atoms with Crippen molar-refractivity contribution in [1.82, 2.24) is 4.98 Å². The summed E-state index contributed by atoms with van der Waals surface area (Å²) in [4.78, 5) is 5.82. The summed E-state index contributed by atoms with van der Waals surface area (Å²) in [6, 6.07) is 1.76. The SMILES string of the molecule is CS(=O)(=O)Nc1csc(-c2cnc(N)s2)c1. The molecular formula is C8H9N3O2S3. The molecule has 2 heterocycles. The number of nitrogens with zero attached hydrogens (tertiary/aromatic N) is 1. The predicted octanol–water partition coefficient (Wildman–Crippen LogP) is 1.83. The third-order valence-corrected chi connectivity index (χ3v) is 4.23. The molecule has 3 N–H and O–H groups in total. The van der Waals surface area contributed by atoms with E-state index in [1.807, 2.05) is 0 Å². The zero-order chi connectivity index (χ0) is 11.8. The van der Waals surface area contributed by atoms with E-state index < -0.39 is 10.0 Å². The quantitative estimate of drug-likeness (QED) is 0.895. The lowest BCUT2D eigenvalue weighted by Crippen LogP contribution is -2.08. The topological polar surface area (TPSA) is 85.1 Å². The van der Waals surface area contributed by atoms with Crippen LogP contribution in [-0.2, 0) is 10.0 Å². The Morgan fingerprint density at radius 2 is 2.19 bits per heavy atom. The molecule has 0 amide bonds. The van der Waals surface area contributed by atoms with E-state index in [1.54, 1.807) is 17.6 Å². The normalized spacial score (nSPS) is 11.6. The average molecular weight is 275 g/mol. The van der Waals surface area contributed by atoms with Crippen LogP contribution in [0.1, 0.15) is 0 Å². The van der Waals surface area contributed by atoms with Crippen molar-refractivity contribution in [2.45, 2.75) is 0 Å². The molecule has 0 aliphatic carbocycles. The van der Waals surface area contributed by atoms with Crippen LogP contribution in [0.5, 0.6) is 0 Å². The molecule has 86 valence electrons. The highest BCUT2D eigenvalue weighted by Gasteiger charge is 2.08. The Bertz CT molecular complexity index is 600. The summed E-state index contributed by atoms with van der Waals surface area (Å²) in [6.45, 7) is 0. The summed E-state index contributed by atoms with van der Waals surface area (Å²) in [6.07, 6.45) is 2.80. The average Bonchev–Trinajstić information content (AvgIpc) is 2.71. The number of thiophene rings is 1. The number of nitrogen functional groups attached to an aromatic ring is 1. The smallest absolute Gasteiger partial charge is 0.229 e. The van der Waals surface area contributed by atoms with Crippen LogP contribution >= 0.6 is 22.7 Å². The molecule has 0 aliphatic rings. The summed E-state index contributed by atoms with van der Waals surface area (Å²) in [5.41, 5.74) is 6.09. The summed E-state index contributed by atoms with van der Waals surface area (Å²) in [5, 5.41) is 2.24. The second-order valence-corrected chi connectivity index (χ2v) is 6.86. The molecule has 8 heteroatoms. The van der Waals surface area contributed by atoms with Crippen LogP contribution in [0, 0.1) is 0 Å². The molecule has 0 radical (unpaired) electrons. The first-order valence-corrected chi connectivity index (χ1v) is 7.81. The van der Waals surface area contributed by atoms with E-state index in [9.17, 15) is 8.42 Å². The van der Waals surface area contributed by atoms with E-state index >= 15 is 0 Å². The Labute approximate surface area is 101 Å². The van der Waals surface area contributed by atoms with Crippen molar-refractivity contribution in [2.24, 2.45) is 0 Å². The molecular weight excluding hydrogens is 266 g/mol. The summed E-state index contributed by atoms with van der Waals surface area (Å²) in [7, 11) is -3.22. The summed E-state index contributed by atoms with van der Waals surface area (Å²) >= 11 is 2.82. The third-order valence-electron chi connectivity index (χ3n) is 1.67. The van der Waals surface area contributed by atoms with Gasteiger partial charge in [0.1, 0.15) is 0 Å². The number of hydrogen-bond acceptors (Lipinski definition) is 6. The minimum Gasteiger partial charge on any atom is -0.375 e. The number of hydrogen-bond donors (Lipinski definition) is 2. The molecule has 0 bridgehead atoms. The molecule has 0 unspecified atom stereocenters. The Morgan fingerprint density at radius 1 is 1.44 bits per heavy atom. The van der Waals surface area contributed by atoms with Gasteiger partial charge in [0.15, 0.2) is 5.13 Å². The number of aromatic nitrogens is 1. The van der Waals surface area contributed by atoms with Crippen molar-refractivity contribution in [3.05, 3.63) is 17.6 Å². The molecule has 0 spiro atoms. The highest BCUT2D eigenvalue weighted by atomic mass is 32.2. The van der Waals surface area contributed by atoms with Gasteiger partial charge in [-0.1, -0.05) is 11.3 Å². The van der Waals surface area contributed by atoms with Crippen LogP contribution in [0.4, 0.5) is 10.8 Å². The van der Waals surface area contributed by atoms with Gasteiger partial charge < -0.3 is 5.73 Å². The fraction of sp³-hybridized carbons (Fsp3) is 0.125. The molecule has 2 aromatic rings. The van der Waals surface area contributed by atoms with Crippen molar-refractivity contribution in [1.29, 1.82) is 0 Å². The van der Waals surface area contributed by atoms with Gasteiger partial charge in [-0.2, -0.15) is 0 Å². The van der Waals surface area contributed by atoms with E-state index in [-0.39, 0.29) is 0 Å². The number of thiazole rings is 1. The highest BCUT2D eigenvalue weighted by Crippen LogP contribution is 2.34. The van der Waals surface area contributed by atoms with Crippen molar-refractivity contribution < 1.29 is 8.42 Å². The highest BCUT2D eigenvalue weighted by molar-refractivity contribution is 7.92. The van der Waals surface area contributed by atoms with E-state index in [1.165, 1.54) is 22.7 Å². The largest absolute Gasteiger partial charge is 0.375 e. The molecule has 16 heavy (non-hydrogen) atoms. The Morgan fingerprint density at radius 3 is 2.75 bits per heavy atom. The second-order valence-electron chi connectivity index (χ2n) is 3.14. The monoisotopic (exact) mass is 275 g/mol. The molecule has 5 nitrogen and oxygen atoms in total. The second kappa shape index (κ2) is 4.04. The van der Waals surface area contributed by atoms with Crippen molar-refractivity contribution in [3.8, 4) is 9.75 Å². The Kier molecular flexibility index (Phi) is 2.87. The van der Waals surface area contributed by atoms with Gasteiger partial charge in [-0.25, -0.2) is 13.4 Å². The fourth-order valence-corrected chi connectivity index (χ4v) is 3.36. The molecule has 0 aliphatic heterocycles. The van der Waals surface area contributed by atoms with Gasteiger partial charge in [0, 0.05) is 16.5 Å². The van der Waals surface area contributed by atoms with E-state index in [0.29, 0.717) is 10.8 Å². The van der Waals surface area contributed by atoms with Crippen molar-refractivity contribution in [3.63, 3.8) is 0 Å². The van der Waals surface area contributed by atoms with Crippen molar-refractivity contribution in [2.75, 3.05) is 16.7 Å². The van der Waals surface area contributed by atoms with Gasteiger partial charge >= 0.3 is 0 Å². The molecule has 0 saturated carbocycles. The number of nitrogens with one attached hydrogen (secondary N) is 1. The molecule has 0 saturated heterocycles. The minimum absolute atomic E-state index is 0.501. The number of nitrogens with two attached hydrogens (primary N) is 1. The zero-order valence-electron chi connectivity index (χ0n) is 8.30. The van der Waals surface area contributed by atoms with E-state index in [0.717, 1.165) is 16.0 Å². The first-order chi connectivity index (χ1) is 7.44. The Balaban J connectivity index is 2.26. The van der Waals surface area contributed by atoms with E-state index in [4.69, 9.17) is 5.73 Å². The van der Waals surface area contributed by atoms with E-state index in [2.05, 4.69) is 9.71 Å². The van der Waals surface area contributed by atoms with Gasteiger partial charge in [0.25, 0.3) is 0 Å².